The summed E-state index contributed by atoms with van der Waals surface area (Å²) < 4.78 is 0. The van der Waals surface area contributed by atoms with Crippen LogP contribution in [0.1, 0.15) is 25.7 Å². The third-order valence-corrected chi connectivity index (χ3v) is 4.36. The lowest BCUT2D eigenvalue weighted by molar-refractivity contribution is -0.140. The van der Waals surface area contributed by atoms with Crippen molar-refractivity contribution in [2.45, 2.75) is 25.7 Å². The fourth-order valence-corrected chi connectivity index (χ4v) is 3.01. The van der Waals surface area contributed by atoms with E-state index < -0.39 is 0 Å². The molecular weight excluding hydrogens is 339 g/mol. The Labute approximate surface area is 151 Å². The highest BCUT2D eigenvalue weighted by Crippen LogP contribution is 2.09. The average Bonchev–Trinajstić information content (AvgIpc) is 3.00. The van der Waals surface area contributed by atoms with E-state index in [0.29, 0.717) is 39.1 Å². The summed E-state index contributed by atoms with van der Waals surface area (Å²) in [6.45, 7) is 6.27. The summed E-state index contributed by atoms with van der Waals surface area (Å²) >= 11 is 0. The number of piperazine rings is 1. The fraction of sp³-hybridized carbons (Fsp3) is 0.867. The molecule has 2 fully saturated rings. The molecule has 6 nitrogen and oxygen atoms in total. The molecule has 0 unspecified atom stereocenters. The molecule has 0 bridgehead atoms. The first kappa shape index (κ1) is 22.4. The van der Waals surface area contributed by atoms with Crippen LogP contribution in [0.3, 0.4) is 0 Å². The van der Waals surface area contributed by atoms with Gasteiger partial charge >= 0.3 is 0 Å². The van der Waals surface area contributed by atoms with E-state index in [2.05, 4.69) is 10.2 Å². The van der Waals surface area contributed by atoms with Gasteiger partial charge in [0.1, 0.15) is 0 Å². The van der Waals surface area contributed by atoms with Gasteiger partial charge in [-0.25, -0.2) is 0 Å². The summed E-state index contributed by atoms with van der Waals surface area (Å²) in [6, 6.07) is 0. The molecule has 8 heteroatoms. The van der Waals surface area contributed by atoms with Crippen molar-refractivity contribution >= 4 is 36.6 Å². The highest BCUT2D eigenvalue weighted by Gasteiger charge is 2.25. The Bertz CT molecular complexity index is 357. The van der Waals surface area contributed by atoms with E-state index in [4.69, 9.17) is 0 Å². The first-order chi connectivity index (χ1) is 10.2. The second-order valence-corrected chi connectivity index (χ2v) is 5.95. The predicted octanol–water partition coefficient (Wildman–Crippen LogP) is 0.596. The van der Waals surface area contributed by atoms with Crippen LogP contribution in [0, 0.1) is 0 Å². The largest absolute Gasteiger partial charge is 0.339 e. The van der Waals surface area contributed by atoms with Crippen LogP contribution in [-0.4, -0.2) is 85.9 Å². The molecule has 2 aliphatic heterocycles. The number of nitrogens with one attached hydrogen (secondary N) is 1. The van der Waals surface area contributed by atoms with Gasteiger partial charge in [0.2, 0.25) is 11.8 Å². The topological polar surface area (TPSA) is 55.9 Å². The normalized spacial score (nSPS) is 18.3. The lowest BCUT2D eigenvalue weighted by atomic mass is 10.2. The molecule has 2 rings (SSSR count). The van der Waals surface area contributed by atoms with Gasteiger partial charge in [-0.3, -0.25) is 14.5 Å². The van der Waals surface area contributed by atoms with Gasteiger partial charge in [0.05, 0.1) is 6.54 Å². The number of nitrogens with zero attached hydrogens (tertiary/aromatic N) is 3. The van der Waals surface area contributed by atoms with Crippen molar-refractivity contribution in [3.05, 3.63) is 0 Å². The molecular formula is C15H30Cl2N4O2. The third-order valence-electron chi connectivity index (χ3n) is 4.36. The number of carbonyl (C=O) groups excluding carboxylic acids is 2. The van der Waals surface area contributed by atoms with E-state index in [1.807, 2.05) is 16.8 Å². The zero-order valence-corrected chi connectivity index (χ0v) is 15.6. The van der Waals surface area contributed by atoms with Crippen LogP contribution >= 0.6 is 24.8 Å². The molecule has 0 aromatic heterocycles. The van der Waals surface area contributed by atoms with E-state index in [0.717, 1.165) is 26.1 Å². The summed E-state index contributed by atoms with van der Waals surface area (Å²) in [5.41, 5.74) is 0. The van der Waals surface area contributed by atoms with Crippen molar-refractivity contribution in [1.82, 2.24) is 20.0 Å². The molecule has 0 aromatic carbocycles. The maximum Gasteiger partial charge on any atom is 0.236 e. The molecule has 136 valence electrons. The molecule has 2 heterocycles. The molecule has 2 amide bonds. The van der Waals surface area contributed by atoms with Gasteiger partial charge in [-0.1, -0.05) is 0 Å². The molecule has 0 saturated carbocycles. The van der Waals surface area contributed by atoms with Crippen molar-refractivity contribution in [2.24, 2.45) is 0 Å². The van der Waals surface area contributed by atoms with Crippen LogP contribution in [-0.2, 0) is 9.59 Å². The molecule has 2 aliphatic rings. The van der Waals surface area contributed by atoms with Crippen LogP contribution in [0.5, 0.6) is 0 Å². The van der Waals surface area contributed by atoms with Crippen LogP contribution in [0.25, 0.3) is 0 Å². The van der Waals surface area contributed by atoms with Gasteiger partial charge in [-0.2, -0.15) is 0 Å². The molecule has 0 spiro atoms. The number of hydrogen-bond acceptors (Lipinski definition) is 4. The zero-order valence-electron chi connectivity index (χ0n) is 14.0. The molecule has 0 atom stereocenters. The fourth-order valence-electron chi connectivity index (χ4n) is 3.01. The highest BCUT2D eigenvalue weighted by atomic mass is 35.5. The van der Waals surface area contributed by atoms with E-state index in [1.54, 1.807) is 0 Å². The highest BCUT2D eigenvalue weighted by molar-refractivity contribution is 5.85. The summed E-state index contributed by atoms with van der Waals surface area (Å²) in [4.78, 5) is 30.3. The second-order valence-electron chi connectivity index (χ2n) is 5.95. The van der Waals surface area contributed by atoms with Crippen LogP contribution < -0.4 is 5.32 Å². The number of amides is 2. The first-order valence-corrected chi connectivity index (χ1v) is 8.13. The quantitative estimate of drug-likeness (QED) is 0.697. The number of hydrogen-bond donors (Lipinski definition) is 1. The molecule has 0 aliphatic carbocycles. The van der Waals surface area contributed by atoms with Crippen molar-refractivity contribution in [3.8, 4) is 0 Å². The smallest absolute Gasteiger partial charge is 0.236 e. The lowest BCUT2D eigenvalue weighted by Gasteiger charge is -2.35. The predicted molar refractivity (Wildman–Crippen MR) is 96.5 cm³/mol. The number of carbonyl (C=O) groups is 2. The minimum atomic E-state index is 0. The van der Waals surface area contributed by atoms with Crippen molar-refractivity contribution in [3.63, 3.8) is 0 Å². The third kappa shape index (κ3) is 7.25. The second kappa shape index (κ2) is 11.9. The first-order valence-electron chi connectivity index (χ1n) is 8.13. The zero-order chi connectivity index (χ0) is 15.1. The molecule has 0 radical (unpaired) electrons. The molecule has 1 N–H and O–H groups in total. The van der Waals surface area contributed by atoms with Gasteiger partial charge in [0.15, 0.2) is 0 Å². The van der Waals surface area contributed by atoms with E-state index in [9.17, 15) is 9.59 Å². The Kier molecular flexibility index (Phi) is 11.6. The Balaban J connectivity index is 0.00000242. The molecule has 2 saturated heterocycles. The van der Waals surface area contributed by atoms with E-state index in [1.165, 1.54) is 12.8 Å². The maximum absolute atomic E-state index is 12.2. The van der Waals surface area contributed by atoms with Gasteiger partial charge in [-0.05, 0) is 45.9 Å². The van der Waals surface area contributed by atoms with Crippen LogP contribution in [0.15, 0.2) is 0 Å². The summed E-state index contributed by atoms with van der Waals surface area (Å²) in [5.74, 6) is 0.441. The van der Waals surface area contributed by atoms with Crippen molar-refractivity contribution in [1.29, 1.82) is 0 Å². The van der Waals surface area contributed by atoms with Gasteiger partial charge in [-0.15, -0.1) is 24.8 Å². The van der Waals surface area contributed by atoms with Crippen molar-refractivity contribution < 1.29 is 9.59 Å². The van der Waals surface area contributed by atoms with Gasteiger partial charge < -0.3 is 15.1 Å². The number of likely N-dealkylation sites (tertiary alicyclic amines) is 1. The summed E-state index contributed by atoms with van der Waals surface area (Å²) in [7, 11) is 1.90. The summed E-state index contributed by atoms with van der Waals surface area (Å²) in [5, 5.41) is 3.05. The summed E-state index contributed by atoms with van der Waals surface area (Å²) in [6.07, 6.45) is 3.90. The Morgan fingerprint density at radius 3 is 1.91 bits per heavy atom. The Morgan fingerprint density at radius 1 is 0.870 bits per heavy atom. The van der Waals surface area contributed by atoms with E-state index >= 15 is 0 Å². The van der Waals surface area contributed by atoms with Gasteiger partial charge in [0, 0.05) is 32.6 Å². The Hall–Kier alpha value is -0.560. The maximum atomic E-state index is 12.2. The standard InChI is InChI=1S/C15H28N4O2.2ClH/c1-16-6-4-5-14(20)18-9-11-19(12-10-18)15(21)13-17-7-2-3-8-17;;/h16H,2-13H2,1H3;2*1H. The monoisotopic (exact) mass is 368 g/mol. The lowest BCUT2D eigenvalue weighted by Crippen LogP contribution is -2.52. The SMILES string of the molecule is CNCCCC(=O)N1CCN(C(=O)CN2CCCC2)CC1.Cl.Cl. The van der Waals surface area contributed by atoms with Crippen LogP contribution in [0.4, 0.5) is 0 Å². The van der Waals surface area contributed by atoms with Crippen molar-refractivity contribution in [2.75, 3.05) is 59.4 Å². The average molecular weight is 369 g/mol. The molecule has 0 aromatic rings. The van der Waals surface area contributed by atoms with E-state index in [-0.39, 0.29) is 36.6 Å². The minimum Gasteiger partial charge on any atom is -0.339 e. The number of rotatable bonds is 6. The van der Waals surface area contributed by atoms with Crippen LogP contribution in [0.2, 0.25) is 0 Å². The Morgan fingerprint density at radius 2 is 1.39 bits per heavy atom. The van der Waals surface area contributed by atoms with Gasteiger partial charge in [0.25, 0.3) is 0 Å². The minimum absolute atomic E-state index is 0. The molecule has 23 heavy (non-hydrogen) atoms. The number of halogens is 2.